The molecule has 0 spiro atoms. The number of rotatable bonds is 8. The van der Waals surface area contributed by atoms with Gasteiger partial charge in [-0.1, -0.05) is 66.1 Å². The molecule has 0 aromatic heterocycles. The minimum absolute atomic E-state index is 0.114. The van der Waals surface area contributed by atoms with Gasteiger partial charge in [0.25, 0.3) is 11.8 Å². The highest BCUT2D eigenvalue weighted by Crippen LogP contribution is 2.45. The maximum Gasteiger partial charge on any atom is 0.267 e. The average molecular weight is 483 g/mol. The molecule has 1 aromatic carbocycles. The van der Waals surface area contributed by atoms with Crippen LogP contribution in [0.5, 0.6) is 0 Å². The fourth-order valence-corrected chi connectivity index (χ4v) is 5.11. The van der Waals surface area contributed by atoms with Gasteiger partial charge in [0.05, 0.1) is 29.3 Å². The van der Waals surface area contributed by atoms with Gasteiger partial charge < -0.3 is 9.64 Å². The maximum atomic E-state index is 13.3. The molecule has 0 atom stereocenters. The molecule has 3 rings (SSSR count). The van der Waals surface area contributed by atoms with Gasteiger partial charge in [-0.2, -0.15) is 0 Å². The maximum absolute atomic E-state index is 13.3. The fraction of sp³-hybridized carbons (Fsp3) is 0.450. The number of methoxy groups -OCH3 is 1. The van der Waals surface area contributed by atoms with Crippen LogP contribution >= 0.6 is 39.9 Å². The first-order valence-corrected chi connectivity index (χ1v) is 11.4. The zero-order valence-electron chi connectivity index (χ0n) is 16.0. The Bertz CT molecular complexity index is 841. The Morgan fingerprint density at radius 3 is 2.61 bits per heavy atom. The van der Waals surface area contributed by atoms with Gasteiger partial charge in [0.1, 0.15) is 4.32 Å². The molecule has 2 heterocycles. The molecule has 0 N–H and O–H groups in total. The molecule has 0 aliphatic carbocycles. The van der Waals surface area contributed by atoms with Crippen LogP contribution in [-0.4, -0.2) is 47.8 Å². The number of halogens is 1. The van der Waals surface area contributed by atoms with E-state index in [0.717, 1.165) is 41.4 Å². The minimum atomic E-state index is -0.214. The van der Waals surface area contributed by atoms with Crippen molar-refractivity contribution >= 4 is 67.3 Å². The van der Waals surface area contributed by atoms with Crippen LogP contribution in [0.4, 0.5) is 5.69 Å². The Hall–Kier alpha value is -1.22. The molecule has 0 radical (unpaired) electrons. The summed E-state index contributed by atoms with van der Waals surface area (Å²) in [5.74, 6) is -0.328. The van der Waals surface area contributed by atoms with Crippen LogP contribution in [0.1, 0.15) is 38.2 Å². The van der Waals surface area contributed by atoms with Gasteiger partial charge in [0.2, 0.25) is 0 Å². The third kappa shape index (κ3) is 4.20. The Balaban J connectivity index is 1.96. The molecule has 1 fully saturated rings. The monoisotopic (exact) mass is 482 g/mol. The zero-order chi connectivity index (χ0) is 20.3. The molecule has 8 heteroatoms. The van der Waals surface area contributed by atoms with E-state index in [1.165, 1.54) is 16.7 Å². The second-order valence-electron chi connectivity index (χ2n) is 6.70. The summed E-state index contributed by atoms with van der Waals surface area (Å²) in [7, 11) is 1.58. The van der Waals surface area contributed by atoms with E-state index in [2.05, 4.69) is 22.9 Å². The molecular weight excluding hydrogens is 460 g/mol. The lowest BCUT2D eigenvalue weighted by atomic mass is 10.1. The SMILES string of the molecule is CCCCCCN1C(=O)C(=C2SC(=S)N(CCOC)C2=O)c2cc(Br)ccc21. The molecular formula is C20H23BrN2O3S2. The van der Waals surface area contributed by atoms with Gasteiger partial charge in [-0.05, 0) is 24.6 Å². The summed E-state index contributed by atoms with van der Waals surface area (Å²) < 4.78 is 6.42. The first-order chi connectivity index (χ1) is 13.5. The molecule has 0 bridgehead atoms. The number of anilines is 1. The second kappa shape index (κ2) is 9.52. The molecule has 0 saturated carbocycles. The standard InChI is InChI=1S/C20H23BrN2O3S2/c1-3-4-5-6-9-22-15-8-7-13(21)12-14(15)16(18(22)24)17-19(25)23(10-11-26-2)20(27)28-17/h7-8,12H,3-6,9-11H2,1-2H3. The van der Waals surface area contributed by atoms with Crippen LogP contribution in [0.2, 0.25) is 0 Å². The van der Waals surface area contributed by atoms with Crippen molar-refractivity contribution in [3.8, 4) is 0 Å². The predicted octanol–water partition coefficient (Wildman–Crippen LogP) is 4.59. The Labute approximate surface area is 183 Å². The van der Waals surface area contributed by atoms with Crippen molar-refractivity contribution in [1.82, 2.24) is 4.90 Å². The van der Waals surface area contributed by atoms with E-state index in [-0.39, 0.29) is 11.8 Å². The number of unbranched alkanes of at least 4 members (excludes halogenated alkanes) is 3. The van der Waals surface area contributed by atoms with Crippen molar-refractivity contribution in [3.63, 3.8) is 0 Å². The molecule has 1 aromatic rings. The van der Waals surface area contributed by atoms with Crippen molar-refractivity contribution in [1.29, 1.82) is 0 Å². The summed E-state index contributed by atoms with van der Waals surface area (Å²) in [5.41, 5.74) is 2.12. The van der Waals surface area contributed by atoms with E-state index >= 15 is 0 Å². The summed E-state index contributed by atoms with van der Waals surface area (Å²) in [6, 6.07) is 5.78. The first-order valence-electron chi connectivity index (χ1n) is 9.38. The molecule has 2 amide bonds. The Kier molecular flexibility index (Phi) is 7.31. The number of benzene rings is 1. The number of hydrogen-bond acceptors (Lipinski definition) is 5. The van der Waals surface area contributed by atoms with Crippen molar-refractivity contribution < 1.29 is 14.3 Å². The van der Waals surface area contributed by atoms with Crippen molar-refractivity contribution in [2.45, 2.75) is 32.6 Å². The topological polar surface area (TPSA) is 49.9 Å². The van der Waals surface area contributed by atoms with Crippen LogP contribution in [0, 0.1) is 0 Å². The average Bonchev–Trinajstić information content (AvgIpc) is 3.09. The molecule has 0 unspecified atom stereocenters. The minimum Gasteiger partial charge on any atom is -0.383 e. The van der Waals surface area contributed by atoms with Gasteiger partial charge in [0.15, 0.2) is 0 Å². The number of thiocarbonyl (C=S) groups is 1. The number of carbonyl (C=O) groups is 2. The number of carbonyl (C=O) groups excluding carboxylic acids is 2. The van der Waals surface area contributed by atoms with E-state index in [0.29, 0.717) is 34.5 Å². The highest BCUT2D eigenvalue weighted by molar-refractivity contribution is 9.10. The summed E-state index contributed by atoms with van der Waals surface area (Å²) >= 11 is 10.1. The number of thioether (sulfide) groups is 1. The van der Waals surface area contributed by atoms with E-state index in [9.17, 15) is 9.59 Å². The second-order valence-corrected chi connectivity index (χ2v) is 9.26. The van der Waals surface area contributed by atoms with Crippen molar-refractivity contribution in [2.75, 3.05) is 31.7 Å². The molecule has 28 heavy (non-hydrogen) atoms. The van der Waals surface area contributed by atoms with Gasteiger partial charge in [-0.3, -0.25) is 14.5 Å². The number of hydrogen-bond donors (Lipinski definition) is 0. The lowest BCUT2D eigenvalue weighted by Crippen LogP contribution is -2.32. The van der Waals surface area contributed by atoms with Crippen LogP contribution in [0.25, 0.3) is 5.57 Å². The summed E-state index contributed by atoms with van der Waals surface area (Å²) in [6.07, 6.45) is 4.32. The van der Waals surface area contributed by atoms with E-state index in [4.69, 9.17) is 17.0 Å². The highest BCUT2D eigenvalue weighted by atomic mass is 79.9. The van der Waals surface area contributed by atoms with E-state index in [1.54, 1.807) is 12.0 Å². The van der Waals surface area contributed by atoms with Crippen LogP contribution in [-0.2, 0) is 14.3 Å². The van der Waals surface area contributed by atoms with Gasteiger partial charge in [-0.25, -0.2) is 0 Å². The molecule has 5 nitrogen and oxygen atoms in total. The normalized spacial score (nSPS) is 19.2. The third-order valence-corrected chi connectivity index (χ3v) is 6.75. The van der Waals surface area contributed by atoms with Gasteiger partial charge in [0, 0.05) is 23.7 Å². The smallest absolute Gasteiger partial charge is 0.267 e. The number of nitrogens with zero attached hydrogens (tertiary/aromatic N) is 2. The number of amides is 2. The fourth-order valence-electron chi connectivity index (χ4n) is 3.37. The van der Waals surface area contributed by atoms with Crippen molar-refractivity contribution in [3.05, 3.63) is 33.1 Å². The molecule has 150 valence electrons. The third-order valence-electron chi connectivity index (χ3n) is 4.81. The van der Waals surface area contributed by atoms with Crippen LogP contribution < -0.4 is 4.90 Å². The Morgan fingerprint density at radius 1 is 1.11 bits per heavy atom. The quantitative estimate of drug-likeness (QED) is 0.308. The summed E-state index contributed by atoms with van der Waals surface area (Å²) in [6.45, 7) is 3.60. The zero-order valence-corrected chi connectivity index (χ0v) is 19.2. The summed E-state index contributed by atoms with van der Waals surface area (Å²) in [4.78, 5) is 30.0. The predicted molar refractivity (Wildman–Crippen MR) is 121 cm³/mol. The van der Waals surface area contributed by atoms with Crippen molar-refractivity contribution in [2.24, 2.45) is 0 Å². The largest absolute Gasteiger partial charge is 0.383 e. The molecule has 2 aliphatic rings. The van der Waals surface area contributed by atoms with E-state index in [1.807, 2.05) is 18.2 Å². The molecule has 1 saturated heterocycles. The van der Waals surface area contributed by atoms with E-state index < -0.39 is 0 Å². The van der Waals surface area contributed by atoms with Crippen LogP contribution in [0.3, 0.4) is 0 Å². The highest BCUT2D eigenvalue weighted by Gasteiger charge is 2.41. The summed E-state index contributed by atoms with van der Waals surface area (Å²) in [5, 5.41) is 0. The lowest BCUT2D eigenvalue weighted by Gasteiger charge is -2.17. The van der Waals surface area contributed by atoms with Gasteiger partial charge in [-0.15, -0.1) is 0 Å². The first kappa shape index (κ1) is 21.5. The number of ether oxygens (including phenoxy) is 1. The molecule has 2 aliphatic heterocycles. The Morgan fingerprint density at radius 2 is 1.89 bits per heavy atom. The van der Waals surface area contributed by atoms with Gasteiger partial charge >= 0.3 is 0 Å². The lowest BCUT2D eigenvalue weighted by molar-refractivity contribution is -0.123. The van der Waals surface area contributed by atoms with Crippen LogP contribution in [0.15, 0.2) is 27.6 Å². The number of fused-ring (bicyclic) bond motifs is 1.